The van der Waals surface area contributed by atoms with Crippen molar-refractivity contribution in [1.82, 2.24) is 29.8 Å². The lowest BCUT2D eigenvalue weighted by molar-refractivity contribution is 0.00623. The first kappa shape index (κ1) is 30.4. The summed E-state index contributed by atoms with van der Waals surface area (Å²) in [6.07, 6.45) is 9.27. The molecule has 3 aromatic carbocycles. The van der Waals surface area contributed by atoms with Crippen LogP contribution in [0.15, 0.2) is 60.8 Å². The number of imidazole rings is 2. The van der Waals surface area contributed by atoms with E-state index in [4.69, 9.17) is 14.7 Å². The van der Waals surface area contributed by atoms with Crippen molar-refractivity contribution in [1.29, 1.82) is 0 Å². The van der Waals surface area contributed by atoms with E-state index >= 15 is 0 Å². The van der Waals surface area contributed by atoms with E-state index in [-0.39, 0.29) is 18.2 Å². The highest BCUT2D eigenvalue weighted by atomic mass is 16.6. The average Bonchev–Trinajstić information content (AvgIpc) is 3.94. The monoisotopic (exact) mass is 655 g/mol. The summed E-state index contributed by atoms with van der Waals surface area (Å²) in [5.74, 6) is 2.34. The minimum absolute atomic E-state index is 0.0704. The maximum Gasteiger partial charge on any atom is 0.411 e. The highest BCUT2D eigenvalue weighted by molar-refractivity contribution is 5.84. The summed E-state index contributed by atoms with van der Waals surface area (Å²) in [5, 5.41) is 3.58. The number of nitrogens with zero attached hydrogens (tertiary/aromatic N) is 4. The van der Waals surface area contributed by atoms with Gasteiger partial charge in [-0.1, -0.05) is 36.4 Å². The number of carbonyl (C=O) groups is 1. The van der Waals surface area contributed by atoms with E-state index < -0.39 is 5.60 Å². The number of carbonyl (C=O) groups excluding carboxylic acids is 1. The van der Waals surface area contributed by atoms with Gasteiger partial charge in [-0.15, -0.1) is 0 Å². The van der Waals surface area contributed by atoms with Crippen molar-refractivity contribution < 1.29 is 9.53 Å². The summed E-state index contributed by atoms with van der Waals surface area (Å²) >= 11 is 0. The van der Waals surface area contributed by atoms with Gasteiger partial charge >= 0.3 is 6.09 Å². The van der Waals surface area contributed by atoms with Gasteiger partial charge < -0.3 is 20.5 Å². The lowest BCUT2D eigenvalue weighted by Crippen LogP contribution is -2.43. The number of ether oxygens (including phenoxy) is 1. The zero-order valence-electron chi connectivity index (χ0n) is 28.8. The first-order valence-electron chi connectivity index (χ1n) is 18.0. The van der Waals surface area contributed by atoms with Crippen LogP contribution in [0.5, 0.6) is 0 Å². The predicted molar refractivity (Wildman–Crippen MR) is 193 cm³/mol. The molecule has 2 aliphatic carbocycles. The molecule has 4 aliphatic rings. The number of aromatic nitrogens is 4. The molecule has 1 amide bonds. The molecule has 2 bridgehead atoms. The van der Waals surface area contributed by atoms with E-state index in [0.717, 1.165) is 79.0 Å². The molecule has 2 aliphatic heterocycles. The zero-order chi connectivity index (χ0) is 33.4. The third kappa shape index (κ3) is 5.21. The smallest absolute Gasteiger partial charge is 0.411 e. The zero-order valence-corrected chi connectivity index (χ0v) is 28.8. The first-order valence-corrected chi connectivity index (χ1v) is 18.0. The van der Waals surface area contributed by atoms with E-state index in [0.29, 0.717) is 12.0 Å². The van der Waals surface area contributed by atoms with Crippen LogP contribution in [0.4, 0.5) is 4.79 Å². The van der Waals surface area contributed by atoms with Gasteiger partial charge in [0, 0.05) is 18.7 Å². The van der Waals surface area contributed by atoms with Gasteiger partial charge in [-0.2, -0.15) is 0 Å². The highest BCUT2D eigenvalue weighted by Crippen LogP contribution is 2.50. The molecule has 3 N–H and O–H groups in total. The van der Waals surface area contributed by atoms with Gasteiger partial charge in [0.2, 0.25) is 0 Å². The molecule has 49 heavy (non-hydrogen) atoms. The Bertz CT molecular complexity index is 2080. The van der Waals surface area contributed by atoms with E-state index in [2.05, 4.69) is 75.0 Å². The van der Waals surface area contributed by atoms with Crippen molar-refractivity contribution in [3.63, 3.8) is 0 Å². The number of nitrogens with one attached hydrogen (secondary N) is 3. The summed E-state index contributed by atoms with van der Waals surface area (Å²) in [7, 11) is 1.97. The Hall–Kier alpha value is -4.63. The number of aromatic amines is 1. The van der Waals surface area contributed by atoms with Gasteiger partial charge in [0.15, 0.2) is 0 Å². The number of piperidine rings is 1. The molecular formula is C40H45N7O2. The van der Waals surface area contributed by atoms with E-state index in [1.807, 2.05) is 38.9 Å². The lowest BCUT2D eigenvalue weighted by Gasteiger charge is -2.35. The van der Waals surface area contributed by atoms with Crippen molar-refractivity contribution in [3.8, 4) is 33.5 Å². The first-order chi connectivity index (χ1) is 23.7. The van der Waals surface area contributed by atoms with Crippen LogP contribution in [0.3, 0.4) is 0 Å². The molecule has 1 unspecified atom stereocenters. The van der Waals surface area contributed by atoms with Crippen LogP contribution in [-0.2, 0) is 17.6 Å². The molecule has 2 saturated heterocycles. The van der Waals surface area contributed by atoms with E-state index in [1.165, 1.54) is 39.8 Å². The van der Waals surface area contributed by atoms with Gasteiger partial charge in [0.1, 0.15) is 17.2 Å². The number of amides is 1. The largest absolute Gasteiger partial charge is 0.444 e. The maximum absolute atomic E-state index is 13.3. The molecule has 5 aromatic rings. The van der Waals surface area contributed by atoms with Crippen LogP contribution < -0.4 is 10.7 Å². The van der Waals surface area contributed by atoms with Crippen molar-refractivity contribution >= 4 is 17.1 Å². The average molecular weight is 656 g/mol. The fraction of sp³-hybridized carbons (Fsp3) is 0.425. The highest BCUT2D eigenvalue weighted by Gasteiger charge is 2.51. The van der Waals surface area contributed by atoms with Crippen LogP contribution in [0.2, 0.25) is 0 Å². The Kier molecular flexibility index (Phi) is 7.13. The number of fused-ring (bicyclic) bond motifs is 6. The summed E-state index contributed by atoms with van der Waals surface area (Å²) in [5.41, 5.74) is 14.8. The van der Waals surface area contributed by atoms with Gasteiger partial charge in [-0.3, -0.25) is 4.90 Å². The number of rotatable bonds is 5. The number of hydrogen-bond donors (Lipinski definition) is 3. The summed E-state index contributed by atoms with van der Waals surface area (Å²) in [6.45, 7) is 6.84. The Morgan fingerprint density at radius 1 is 0.939 bits per heavy atom. The molecule has 0 radical (unpaired) electrons. The third-order valence-electron chi connectivity index (χ3n) is 11.1. The molecule has 2 aromatic heterocycles. The van der Waals surface area contributed by atoms with Crippen LogP contribution in [-0.4, -0.2) is 55.9 Å². The number of H-pyrrole nitrogens is 1. The van der Waals surface area contributed by atoms with E-state index in [1.54, 1.807) is 0 Å². The standard InChI is InChI=1S/C40H45N7O2/c1-40(2,3)49-39(48)46-29-13-9-28(20-29)36(46)37-44-32-16-12-24(21-34(32)45-37)23-10-14-30-25(18-23)7-8-26-19-27(11-15-31(26)30)35-22-43-38(47(35)41-4)33-6-5-17-42-33/h10-12,14-16,18-19,21-22,28-29,33,36,41-42H,5-9,13,17,20H2,1-4H3,(H,44,45)/t28-,29+,33-,36?/m0/s1. The van der Waals surface area contributed by atoms with Gasteiger partial charge in [0.25, 0.3) is 0 Å². The molecule has 4 atom stereocenters. The van der Waals surface area contributed by atoms with Gasteiger partial charge in [-0.25, -0.2) is 19.4 Å². The second-order valence-electron chi connectivity index (χ2n) is 15.4. The summed E-state index contributed by atoms with van der Waals surface area (Å²) < 4.78 is 7.98. The predicted octanol–water partition coefficient (Wildman–Crippen LogP) is 7.92. The minimum Gasteiger partial charge on any atom is -0.444 e. The number of aryl methyl sites for hydroxylation is 2. The van der Waals surface area contributed by atoms with Crippen molar-refractivity contribution in [2.24, 2.45) is 5.92 Å². The SMILES string of the molecule is CNn1c(-c2ccc3c(c2)CCc2cc(-c4ccc5nc(C6[C@H]7CC[C@H](C7)N6C(=O)OC(C)(C)C)[nH]c5c4)ccc2-3)cnc1[C@@H]1CCCN1. The van der Waals surface area contributed by atoms with Gasteiger partial charge in [-0.05, 0) is 130 Å². The molecule has 3 fully saturated rings. The lowest BCUT2D eigenvalue weighted by atomic mass is 9.83. The minimum atomic E-state index is -0.528. The van der Waals surface area contributed by atoms with Crippen LogP contribution in [0, 0.1) is 5.92 Å². The number of hydrogen-bond acceptors (Lipinski definition) is 6. The molecule has 9 nitrogen and oxygen atoms in total. The number of likely N-dealkylation sites (tertiary alicyclic amines) is 1. The van der Waals surface area contributed by atoms with Crippen LogP contribution in [0.25, 0.3) is 44.5 Å². The normalized spacial score (nSPS) is 22.8. The fourth-order valence-electron chi connectivity index (χ4n) is 8.96. The molecule has 9 rings (SSSR count). The molecular weight excluding hydrogens is 610 g/mol. The van der Waals surface area contributed by atoms with Crippen molar-refractivity contribution in [2.75, 3.05) is 19.0 Å². The Labute approximate surface area is 287 Å². The Morgan fingerprint density at radius 3 is 2.41 bits per heavy atom. The fourth-order valence-corrected chi connectivity index (χ4v) is 8.96. The van der Waals surface area contributed by atoms with Crippen LogP contribution in [0.1, 0.15) is 87.7 Å². The summed E-state index contributed by atoms with van der Waals surface area (Å²) in [6, 6.07) is 20.7. The molecule has 252 valence electrons. The number of benzene rings is 3. The maximum atomic E-state index is 13.3. The Balaban J connectivity index is 0.984. The topological polar surface area (TPSA) is 100 Å². The van der Waals surface area contributed by atoms with Gasteiger partial charge in [0.05, 0.1) is 35.0 Å². The third-order valence-corrected chi connectivity index (χ3v) is 11.1. The Morgan fingerprint density at radius 2 is 1.67 bits per heavy atom. The summed E-state index contributed by atoms with van der Waals surface area (Å²) in [4.78, 5) is 28.7. The van der Waals surface area contributed by atoms with Crippen molar-refractivity contribution in [3.05, 3.63) is 83.6 Å². The van der Waals surface area contributed by atoms with E-state index in [9.17, 15) is 4.79 Å². The van der Waals surface area contributed by atoms with Crippen molar-refractivity contribution in [2.45, 2.75) is 89.4 Å². The molecule has 9 heteroatoms. The molecule has 0 spiro atoms. The molecule has 4 heterocycles. The van der Waals surface area contributed by atoms with Crippen LogP contribution >= 0.6 is 0 Å². The quantitative estimate of drug-likeness (QED) is 0.178. The molecule has 1 saturated carbocycles. The second-order valence-corrected chi connectivity index (χ2v) is 15.4. The second kappa shape index (κ2) is 11.5.